The highest BCUT2D eigenvalue weighted by molar-refractivity contribution is 7.29. The Labute approximate surface area is 785 Å². The summed E-state index contributed by atoms with van der Waals surface area (Å²) in [6.07, 6.45) is 0. The Balaban J connectivity index is 0.0000000862. The molecule has 12 aromatic heterocycles. The van der Waals surface area contributed by atoms with Crippen LogP contribution in [0.25, 0.3) is 271 Å². The number of thiophene rings is 8. The van der Waals surface area contributed by atoms with Crippen LogP contribution in [0.1, 0.15) is 0 Å². The molecule has 0 saturated carbocycles. The van der Waals surface area contributed by atoms with E-state index in [9.17, 15) is 0 Å². The summed E-state index contributed by atoms with van der Waals surface area (Å²) in [6.45, 7) is 0. The SMILES string of the molecule is c1ccc2c(c1)sc1ccc(-n3c4ccccc4c4c5c(ccc43)sc3ccccc35)cc12.c1ccc2c(c1)sc1ccc(-n3c4ccccc4c4c5sc6ccccc6c5ccc43)cc12.c1ccc2c(c1)sc1ccc(-n3c4ccccc4c4cc5c(cc43)sc3ccccc35)cc12.c1ccc2c(c1)sc1ccc(-n3c4ccccc4c4ccc5sc6ccccc6c5c43)cc12. The van der Waals surface area contributed by atoms with Crippen LogP contribution in [-0.4, -0.2) is 18.3 Å². The smallest absolute Gasteiger partial charge is 0.0634 e. The van der Waals surface area contributed by atoms with Crippen molar-refractivity contribution in [3.05, 3.63) is 413 Å². The van der Waals surface area contributed by atoms with Gasteiger partial charge in [-0.1, -0.05) is 231 Å². The zero-order valence-corrected chi connectivity index (χ0v) is 76.8. The lowest BCUT2D eigenvalue weighted by Crippen LogP contribution is -1.93. The molecule has 0 aliphatic rings. The van der Waals surface area contributed by atoms with E-state index >= 15 is 0 Å². The van der Waals surface area contributed by atoms with Crippen molar-refractivity contribution in [2.75, 3.05) is 0 Å². The molecule has 0 fully saturated rings. The van der Waals surface area contributed by atoms with E-state index in [1.807, 2.05) is 90.7 Å². The number of fused-ring (bicyclic) bond motifs is 39. The lowest BCUT2D eigenvalue weighted by Gasteiger charge is -2.09. The first-order valence-electron chi connectivity index (χ1n) is 44.5. The van der Waals surface area contributed by atoms with E-state index in [2.05, 4.69) is 431 Å². The van der Waals surface area contributed by atoms with Crippen molar-refractivity contribution in [2.45, 2.75) is 0 Å². The predicted molar refractivity (Wildman–Crippen MR) is 586 cm³/mol. The summed E-state index contributed by atoms with van der Waals surface area (Å²) in [5.74, 6) is 0. The molecule has 0 aliphatic carbocycles. The summed E-state index contributed by atoms with van der Waals surface area (Å²) in [7, 11) is 0. The van der Waals surface area contributed by atoms with Crippen molar-refractivity contribution < 1.29 is 0 Å². The molecular weight excluding hydrogens is 1750 g/mol. The molecule has 0 aliphatic heterocycles. The second kappa shape index (κ2) is 29.4. The largest absolute Gasteiger partial charge is 0.309 e. The van der Waals surface area contributed by atoms with E-state index in [1.54, 1.807) is 0 Å². The molecule has 0 unspecified atom stereocenters. The van der Waals surface area contributed by atoms with Gasteiger partial charge in [0, 0.05) is 227 Å². The summed E-state index contributed by atoms with van der Waals surface area (Å²) in [4.78, 5) is 0. The van der Waals surface area contributed by atoms with Gasteiger partial charge in [0.15, 0.2) is 0 Å². The molecule has 616 valence electrons. The van der Waals surface area contributed by atoms with Gasteiger partial charge in [0.05, 0.1) is 44.1 Å². The minimum absolute atomic E-state index is 1.22. The fourth-order valence-electron chi connectivity index (χ4n) is 21.5. The van der Waals surface area contributed by atoms with Crippen LogP contribution in [-0.2, 0) is 0 Å². The predicted octanol–water partition coefficient (Wildman–Crippen LogP) is 38.1. The van der Waals surface area contributed by atoms with Gasteiger partial charge in [-0.2, -0.15) is 0 Å². The van der Waals surface area contributed by atoms with Gasteiger partial charge in [0.2, 0.25) is 0 Å². The summed E-state index contributed by atoms with van der Waals surface area (Å²) in [5, 5.41) is 32.1. The van der Waals surface area contributed by atoms with Crippen molar-refractivity contribution in [2.24, 2.45) is 0 Å². The average Bonchev–Trinajstić information content (AvgIpc) is 1.58. The maximum absolute atomic E-state index is 2.48. The van der Waals surface area contributed by atoms with Crippen LogP contribution in [0.4, 0.5) is 0 Å². The fourth-order valence-corrected chi connectivity index (χ4v) is 30.4. The van der Waals surface area contributed by atoms with Crippen LogP contribution in [0.5, 0.6) is 0 Å². The topological polar surface area (TPSA) is 19.7 Å². The molecule has 0 radical (unpaired) electrons. The van der Waals surface area contributed by atoms with Crippen molar-refractivity contribution in [1.82, 2.24) is 18.3 Å². The standard InChI is InChI=1S/4C30H17NS2/c1-4-10-24-22(9-1)29-25(15-14-21-19-7-2-6-12-27(19)33-30(21)29)31(24)18-13-16-28-23(17-18)20-8-3-5-11-26(20)32-28;1-4-10-23-20(8-1)29-24(14-16-28-30(29)21-9-3-6-12-26(21)33-28)31(23)18-13-15-27-22(17-18)19-7-2-5-11-25(19)32-27;1-4-10-24-19(7-1)21-14-16-28-29(22-9-3-6-12-26(22)33-28)30(21)31(24)18-13-15-27-23(17-18)20-8-2-5-11-25(20)32-27;1-4-10-25-19(7-1)22-16-24-21-9-3-6-12-28(21)33-30(24)17-26(22)31(25)18-13-14-29-23(15-18)20-8-2-5-11-27(20)32-29/h4*1-17H. The van der Waals surface area contributed by atoms with Gasteiger partial charge in [-0.15, -0.1) is 90.7 Å². The molecular formula is C120H68N4S8. The number of benzene rings is 20. The maximum atomic E-state index is 2.48. The quantitative estimate of drug-likeness (QED) is 0.167. The number of hydrogen-bond donors (Lipinski definition) is 0. The molecule has 12 heterocycles. The first-order chi connectivity index (χ1) is 65.4. The van der Waals surface area contributed by atoms with E-state index in [4.69, 9.17) is 0 Å². The molecule has 32 aromatic rings. The molecule has 0 bridgehead atoms. The summed E-state index contributed by atoms with van der Waals surface area (Å²) < 4.78 is 31.4. The molecule has 0 saturated heterocycles. The van der Waals surface area contributed by atoms with E-state index in [0.717, 1.165) is 0 Å². The van der Waals surface area contributed by atoms with Crippen LogP contribution in [0.2, 0.25) is 0 Å². The molecule has 12 heteroatoms. The second-order valence-corrected chi connectivity index (χ2v) is 42.9. The lowest BCUT2D eigenvalue weighted by molar-refractivity contribution is 1.19. The highest BCUT2D eigenvalue weighted by Gasteiger charge is 2.25. The maximum Gasteiger partial charge on any atom is 0.0634 e. The molecule has 32 rings (SSSR count). The average molecular weight is 1820 g/mol. The first-order valence-corrected chi connectivity index (χ1v) is 51.0. The Morgan fingerprint density at radius 3 is 0.856 bits per heavy atom. The van der Waals surface area contributed by atoms with Crippen molar-refractivity contribution in [1.29, 1.82) is 0 Å². The number of para-hydroxylation sites is 4. The van der Waals surface area contributed by atoms with Crippen molar-refractivity contribution in [3.8, 4) is 22.7 Å². The Hall–Kier alpha value is -14.6. The summed E-state index contributed by atoms with van der Waals surface area (Å²) in [6, 6.07) is 152. The Kier molecular flexibility index (Phi) is 16.8. The zero-order valence-electron chi connectivity index (χ0n) is 70.3. The Bertz CT molecular complexity index is 10400. The van der Waals surface area contributed by atoms with E-state index < -0.39 is 0 Å². The third kappa shape index (κ3) is 11.4. The highest BCUT2D eigenvalue weighted by Crippen LogP contribution is 2.51. The minimum atomic E-state index is 1.22. The van der Waals surface area contributed by atoms with Gasteiger partial charge in [-0.25, -0.2) is 0 Å². The van der Waals surface area contributed by atoms with Crippen LogP contribution >= 0.6 is 90.7 Å². The molecule has 20 aromatic carbocycles. The molecule has 0 amide bonds. The van der Waals surface area contributed by atoms with Gasteiger partial charge < -0.3 is 18.3 Å². The summed E-state index contributed by atoms with van der Waals surface area (Å²) in [5.41, 5.74) is 15.0. The van der Waals surface area contributed by atoms with Gasteiger partial charge >= 0.3 is 0 Å². The number of hydrogen-bond acceptors (Lipinski definition) is 8. The Morgan fingerprint density at radius 2 is 0.394 bits per heavy atom. The van der Waals surface area contributed by atoms with Crippen LogP contribution in [0, 0.1) is 0 Å². The van der Waals surface area contributed by atoms with Crippen LogP contribution in [0.15, 0.2) is 413 Å². The molecule has 0 N–H and O–H groups in total. The fraction of sp³-hybridized carbons (Fsp3) is 0. The van der Waals surface area contributed by atoms with Crippen LogP contribution in [0.3, 0.4) is 0 Å². The highest BCUT2D eigenvalue weighted by atomic mass is 32.1. The zero-order chi connectivity index (χ0) is 86.1. The first kappa shape index (κ1) is 75.2. The number of aromatic nitrogens is 4. The third-order valence-electron chi connectivity index (χ3n) is 27.2. The normalized spacial score (nSPS) is 12.2. The van der Waals surface area contributed by atoms with Crippen molar-refractivity contribution >= 4 is 339 Å². The van der Waals surface area contributed by atoms with Gasteiger partial charge in [0.25, 0.3) is 0 Å². The minimum Gasteiger partial charge on any atom is -0.309 e. The molecule has 0 spiro atoms. The number of nitrogens with zero attached hydrogens (tertiary/aromatic N) is 4. The van der Waals surface area contributed by atoms with Crippen molar-refractivity contribution in [3.63, 3.8) is 0 Å². The Morgan fingerprint density at radius 1 is 0.121 bits per heavy atom. The molecule has 4 nitrogen and oxygen atoms in total. The lowest BCUT2D eigenvalue weighted by atomic mass is 10.1. The van der Waals surface area contributed by atoms with Gasteiger partial charge in [-0.3, -0.25) is 0 Å². The van der Waals surface area contributed by atoms with Gasteiger partial charge in [0.1, 0.15) is 0 Å². The van der Waals surface area contributed by atoms with Gasteiger partial charge in [-0.05, 0) is 182 Å². The van der Waals surface area contributed by atoms with E-state index in [0.29, 0.717) is 0 Å². The van der Waals surface area contributed by atoms with Crippen LogP contribution < -0.4 is 0 Å². The third-order valence-corrected chi connectivity index (χ3v) is 36.4. The van der Waals surface area contributed by atoms with E-state index in [1.165, 1.54) is 271 Å². The molecule has 132 heavy (non-hydrogen) atoms. The van der Waals surface area contributed by atoms with E-state index in [-0.39, 0.29) is 0 Å². The second-order valence-electron chi connectivity index (χ2n) is 34.3. The monoisotopic (exact) mass is 1820 g/mol. The number of rotatable bonds is 4. The molecule has 0 atom stereocenters. The summed E-state index contributed by atoms with van der Waals surface area (Å²) >= 11 is 15.1.